The van der Waals surface area contributed by atoms with Gasteiger partial charge in [-0.25, -0.2) is 0 Å². The molecular formula is C11H14N3OS2-. The summed E-state index contributed by atoms with van der Waals surface area (Å²) in [5.41, 5.74) is 8.66. The third kappa shape index (κ3) is 2.87. The average Bonchev–Trinajstić information content (AvgIpc) is 2.81. The van der Waals surface area contributed by atoms with E-state index in [1.165, 1.54) is 4.88 Å². The quantitative estimate of drug-likeness (QED) is 0.791. The lowest BCUT2D eigenvalue weighted by Gasteiger charge is -2.23. The van der Waals surface area contributed by atoms with E-state index in [1.54, 1.807) is 16.2 Å². The highest BCUT2D eigenvalue weighted by Gasteiger charge is 2.29. The first-order valence-electron chi connectivity index (χ1n) is 5.47. The first-order chi connectivity index (χ1) is 8.22. The monoisotopic (exact) mass is 268 g/mol. The highest BCUT2D eigenvalue weighted by atomic mass is 32.2. The summed E-state index contributed by atoms with van der Waals surface area (Å²) in [7, 11) is 0. The van der Waals surface area contributed by atoms with Crippen LogP contribution in [0.1, 0.15) is 17.1 Å². The van der Waals surface area contributed by atoms with Gasteiger partial charge in [0.2, 0.25) is 5.91 Å². The van der Waals surface area contributed by atoms with Gasteiger partial charge in [-0.05, 0) is 11.4 Å². The fraction of sp³-hybridized carbons (Fsp3) is 0.545. The van der Waals surface area contributed by atoms with Gasteiger partial charge in [0.05, 0.1) is 11.9 Å². The molecule has 0 spiro atoms. The molecule has 0 aromatic carbocycles. The Morgan fingerprint density at radius 2 is 2.47 bits per heavy atom. The molecule has 4 nitrogen and oxygen atoms in total. The van der Waals surface area contributed by atoms with Crippen molar-refractivity contribution in [1.29, 1.82) is 0 Å². The molecule has 1 aromatic rings. The predicted octanol–water partition coefficient (Wildman–Crippen LogP) is 2.98. The van der Waals surface area contributed by atoms with Crippen molar-refractivity contribution in [2.45, 2.75) is 12.2 Å². The molecule has 0 N–H and O–H groups in total. The molecule has 17 heavy (non-hydrogen) atoms. The number of carbonyl (C=O) groups excluding carboxylic acids is 1. The number of hydrogen-bond donors (Lipinski definition) is 0. The van der Waals surface area contributed by atoms with E-state index < -0.39 is 0 Å². The van der Waals surface area contributed by atoms with Crippen LogP contribution in [0.2, 0.25) is 0 Å². The minimum atomic E-state index is -0.00767. The van der Waals surface area contributed by atoms with Crippen LogP contribution in [0.3, 0.4) is 0 Å². The summed E-state index contributed by atoms with van der Waals surface area (Å²) < 4.78 is 0. The van der Waals surface area contributed by atoms with Gasteiger partial charge in [-0.1, -0.05) is 13.0 Å². The Labute approximate surface area is 109 Å². The molecule has 1 aliphatic heterocycles. The molecule has 0 radical (unpaired) electrons. The number of amides is 1. The van der Waals surface area contributed by atoms with E-state index in [-0.39, 0.29) is 18.5 Å². The van der Waals surface area contributed by atoms with E-state index in [2.05, 4.69) is 11.2 Å². The first kappa shape index (κ1) is 12.6. The summed E-state index contributed by atoms with van der Waals surface area (Å²) in [4.78, 5) is 14.9. The van der Waals surface area contributed by atoms with Gasteiger partial charge in [0.1, 0.15) is 0 Å². The fourth-order valence-electron chi connectivity index (χ4n) is 1.84. The van der Waals surface area contributed by atoms with Crippen LogP contribution in [-0.4, -0.2) is 29.8 Å². The molecular weight excluding hydrogens is 254 g/mol. The van der Waals surface area contributed by atoms with Crippen molar-refractivity contribution in [3.63, 3.8) is 0 Å². The fourth-order valence-corrected chi connectivity index (χ4v) is 4.10. The van der Waals surface area contributed by atoms with E-state index in [0.29, 0.717) is 11.8 Å². The van der Waals surface area contributed by atoms with Crippen LogP contribution < -0.4 is 0 Å². The molecule has 2 rings (SSSR count). The van der Waals surface area contributed by atoms with Crippen LogP contribution >= 0.6 is 23.1 Å². The van der Waals surface area contributed by atoms with Crippen molar-refractivity contribution in [2.75, 3.05) is 19.0 Å². The molecule has 0 aliphatic carbocycles. The Balaban J connectivity index is 2.15. The number of carbonyl (C=O) groups is 1. The number of thiophene rings is 1. The van der Waals surface area contributed by atoms with Crippen LogP contribution in [0.5, 0.6) is 0 Å². The molecule has 6 heteroatoms. The van der Waals surface area contributed by atoms with Gasteiger partial charge in [0.15, 0.2) is 0 Å². The van der Waals surface area contributed by atoms with Gasteiger partial charge in [-0.3, -0.25) is 4.79 Å². The first-order valence-corrected chi connectivity index (χ1v) is 7.40. The van der Waals surface area contributed by atoms with Crippen molar-refractivity contribution in [3.8, 4) is 0 Å². The van der Waals surface area contributed by atoms with E-state index >= 15 is 0 Å². The van der Waals surface area contributed by atoms with E-state index in [9.17, 15) is 4.79 Å². The van der Waals surface area contributed by atoms with E-state index in [1.807, 2.05) is 30.1 Å². The van der Waals surface area contributed by atoms with Crippen molar-refractivity contribution >= 4 is 29.0 Å². The zero-order valence-corrected chi connectivity index (χ0v) is 11.2. The highest BCUT2D eigenvalue weighted by molar-refractivity contribution is 7.99. The summed E-state index contributed by atoms with van der Waals surface area (Å²) in [6, 6.07) is 4.12. The summed E-state index contributed by atoms with van der Waals surface area (Å²) in [5.74, 6) is 0.893. The average molecular weight is 268 g/mol. The van der Waals surface area contributed by atoms with E-state index in [0.717, 1.165) is 5.75 Å². The molecule has 1 saturated heterocycles. The molecule has 1 fully saturated rings. The Bertz CT molecular complexity index is 393. The van der Waals surface area contributed by atoms with Crippen LogP contribution in [0.4, 0.5) is 0 Å². The summed E-state index contributed by atoms with van der Waals surface area (Å²) in [5, 5.41) is 5.45. The second kappa shape index (κ2) is 5.64. The molecule has 0 bridgehead atoms. The smallest absolute Gasteiger partial charge is 0.227 e. The standard InChI is InChI=1S/C11H14N3OS2/c1-8-6-17-10(9-3-2-4-16-9)5-14(7-13-12)11(8)15/h2-4,8,10H,5-7H2,1H3/q-1. The highest BCUT2D eigenvalue weighted by Crippen LogP contribution is 2.36. The lowest BCUT2D eigenvalue weighted by molar-refractivity contribution is -0.133. The van der Waals surface area contributed by atoms with Gasteiger partial charge in [-0.2, -0.15) is 11.8 Å². The maximum Gasteiger partial charge on any atom is 0.227 e. The molecule has 2 heterocycles. The molecule has 1 aromatic heterocycles. The van der Waals surface area contributed by atoms with Crippen LogP contribution in [0.15, 0.2) is 22.6 Å². The molecule has 1 amide bonds. The van der Waals surface area contributed by atoms with Crippen molar-refractivity contribution in [3.05, 3.63) is 27.9 Å². The SMILES string of the molecule is CC1CSC(c2cccs2)CN(CN=[N-])C1=O. The Morgan fingerprint density at radius 1 is 1.65 bits per heavy atom. The Morgan fingerprint density at radius 3 is 3.12 bits per heavy atom. The molecule has 2 unspecified atom stereocenters. The molecule has 0 saturated carbocycles. The maximum absolute atomic E-state index is 12.0. The molecule has 92 valence electrons. The lowest BCUT2D eigenvalue weighted by Crippen LogP contribution is -2.35. The number of nitrogens with zero attached hydrogens (tertiary/aromatic N) is 3. The van der Waals surface area contributed by atoms with Gasteiger partial charge >= 0.3 is 0 Å². The zero-order chi connectivity index (χ0) is 12.3. The number of hydrogen-bond acceptors (Lipinski definition) is 4. The topological polar surface area (TPSA) is 55.0 Å². The van der Waals surface area contributed by atoms with E-state index in [4.69, 9.17) is 5.53 Å². The molecule has 2 atom stereocenters. The number of thioether (sulfide) groups is 1. The van der Waals surface area contributed by atoms with Crippen LogP contribution in [0, 0.1) is 5.92 Å². The normalized spacial score (nSPS) is 25.7. The third-order valence-electron chi connectivity index (χ3n) is 2.76. The van der Waals surface area contributed by atoms with Crippen molar-refractivity contribution in [1.82, 2.24) is 4.90 Å². The largest absolute Gasteiger partial charge is 0.710 e. The summed E-state index contributed by atoms with van der Waals surface area (Å²) >= 11 is 3.52. The third-order valence-corrected chi connectivity index (χ3v) is 5.39. The van der Waals surface area contributed by atoms with Crippen molar-refractivity contribution in [2.24, 2.45) is 11.0 Å². The predicted molar refractivity (Wildman–Crippen MR) is 71.0 cm³/mol. The van der Waals surface area contributed by atoms with Gasteiger partial charge in [0.25, 0.3) is 0 Å². The van der Waals surface area contributed by atoms with Crippen LogP contribution in [0.25, 0.3) is 5.53 Å². The minimum absolute atomic E-state index is 0.00767. The molecule has 1 aliphatic rings. The minimum Gasteiger partial charge on any atom is -0.710 e. The maximum atomic E-state index is 12.0. The second-order valence-electron chi connectivity index (χ2n) is 4.08. The summed E-state index contributed by atoms with van der Waals surface area (Å²) in [6.07, 6.45) is 0. The summed E-state index contributed by atoms with van der Waals surface area (Å²) in [6.45, 7) is 2.63. The van der Waals surface area contributed by atoms with Gasteiger partial charge < -0.3 is 15.5 Å². The van der Waals surface area contributed by atoms with Gasteiger partial charge in [-0.15, -0.1) is 11.3 Å². The lowest BCUT2D eigenvalue weighted by atomic mass is 10.2. The van der Waals surface area contributed by atoms with Crippen LogP contribution in [-0.2, 0) is 4.79 Å². The Hall–Kier alpha value is -0.880. The zero-order valence-electron chi connectivity index (χ0n) is 9.57. The Kier molecular flexibility index (Phi) is 4.17. The van der Waals surface area contributed by atoms with Gasteiger partial charge in [0, 0.05) is 23.1 Å². The van der Waals surface area contributed by atoms with Crippen molar-refractivity contribution < 1.29 is 4.79 Å². The second-order valence-corrected chi connectivity index (χ2v) is 6.30. The number of rotatable bonds is 3.